The van der Waals surface area contributed by atoms with Crippen LogP contribution in [0.1, 0.15) is 74.2 Å². The average Bonchev–Trinajstić information content (AvgIpc) is 2.90. The Morgan fingerprint density at radius 3 is 1.93 bits per heavy atom. The smallest absolute Gasteiger partial charge is 0.431 e. The topological polar surface area (TPSA) is 105 Å². The number of hydrogen-bond donors (Lipinski definition) is 1. The standard InChI is InChI=1S/C33H37N3O6/c1-22-15-11-13-19-25(22)33(36(30(40)42-32(5,6)7)34-29(39)41-31(2,3)4)26-20-14-12-18-24(26)27(37)35(28(33)38)21-23-16-9-8-10-17-23/h8-20H,21H2,1-7H3,(H,34,39). The molecule has 9 heteroatoms. The van der Waals surface area contributed by atoms with Crippen molar-refractivity contribution in [2.45, 2.75) is 71.8 Å². The molecule has 4 amide bonds. The van der Waals surface area contributed by atoms with Crippen molar-refractivity contribution < 1.29 is 28.7 Å². The minimum Gasteiger partial charge on any atom is -0.443 e. The number of hydrogen-bond acceptors (Lipinski definition) is 6. The van der Waals surface area contributed by atoms with E-state index in [2.05, 4.69) is 5.43 Å². The Hall–Kier alpha value is -4.66. The average molecular weight is 572 g/mol. The molecule has 1 unspecified atom stereocenters. The van der Waals surface area contributed by atoms with Crippen LogP contribution in [0.4, 0.5) is 9.59 Å². The van der Waals surface area contributed by atoms with E-state index in [1.807, 2.05) is 18.2 Å². The molecular formula is C33H37N3O6. The largest absolute Gasteiger partial charge is 0.443 e. The fraction of sp³-hybridized carbons (Fsp3) is 0.333. The molecule has 0 saturated heterocycles. The molecule has 1 aliphatic rings. The zero-order valence-electron chi connectivity index (χ0n) is 25.1. The van der Waals surface area contributed by atoms with Crippen LogP contribution in [0.3, 0.4) is 0 Å². The van der Waals surface area contributed by atoms with Crippen molar-refractivity contribution >= 4 is 24.0 Å². The molecule has 0 radical (unpaired) electrons. The Labute approximate surface area is 246 Å². The van der Waals surface area contributed by atoms with Crippen molar-refractivity contribution in [1.29, 1.82) is 0 Å². The van der Waals surface area contributed by atoms with Gasteiger partial charge in [0, 0.05) is 11.1 Å². The molecule has 3 aromatic rings. The second kappa shape index (κ2) is 11.3. The summed E-state index contributed by atoms with van der Waals surface area (Å²) >= 11 is 0. The third kappa shape index (κ3) is 6.00. The lowest BCUT2D eigenvalue weighted by Gasteiger charge is -2.48. The number of imide groups is 1. The van der Waals surface area contributed by atoms with Gasteiger partial charge in [-0.2, -0.15) is 5.01 Å². The number of carbonyl (C=O) groups excluding carboxylic acids is 4. The highest BCUT2D eigenvalue weighted by Crippen LogP contribution is 2.45. The first-order valence-corrected chi connectivity index (χ1v) is 13.7. The Kier molecular flexibility index (Phi) is 8.16. The van der Waals surface area contributed by atoms with Gasteiger partial charge in [-0.25, -0.2) is 15.0 Å². The first kappa shape index (κ1) is 30.3. The molecule has 0 aliphatic carbocycles. The van der Waals surface area contributed by atoms with E-state index in [-0.39, 0.29) is 17.7 Å². The van der Waals surface area contributed by atoms with Gasteiger partial charge in [-0.15, -0.1) is 0 Å². The Bertz CT molecular complexity index is 1510. The molecular weight excluding hydrogens is 534 g/mol. The van der Waals surface area contributed by atoms with E-state index in [4.69, 9.17) is 9.47 Å². The van der Waals surface area contributed by atoms with Gasteiger partial charge in [0.1, 0.15) is 11.2 Å². The minimum atomic E-state index is -2.04. The second-order valence-electron chi connectivity index (χ2n) is 12.2. The molecule has 4 rings (SSSR count). The van der Waals surface area contributed by atoms with Gasteiger partial charge < -0.3 is 9.47 Å². The molecule has 1 heterocycles. The maximum atomic E-state index is 15.0. The van der Waals surface area contributed by atoms with Crippen LogP contribution in [0, 0.1) is 6.92 Å². The van der Waals surface area contributed by atoms with Gasteiger partial charge >= 0.3 is 12.2 Å². The van der Waals surface area contributed by atoms with E-state index in [9.17, 15) is 14.4 Å². The van der Waals surface area contributed by atoms with Crippen LogP contribution >= 0.6 is 0 Å². The SMILES string of the molecule is Cc1ccccc1C1(N(NC(=O)OC(C)(C)C)C(=O)OC(C)(C)C)C(=O)N(Cc2ccccc2)C(=O)c2ccccc21. The third-order valence-corrected chi connectivity index (χ3v) is 6.58. The molecule has 0 aromatic heterocycles. The second-order valence-corrected chi connectivity index (χ2v) is 12.2. The van der Waals surface area contributed by atoms with Crippen molar-refractivity contribution in [3.05, 3.63) is 107 Å². The molecule has 1 atom stereocenters. The summed E-state index contributed by atoms with van der Waals surface area (Å²) in [5.74, 6) is -1.25. The summed E-state index contributed by atoms with van der Waals surface area (Å²) in [7, 11) is 0. The van der Waals surface area contributed by atoms with E-state index in [1.54, 1.807) is 109 Å². The minimum absolute atomic E-state index is 0.0604. The van der Waals surface area contributed by atoms with Crippen LogP contribution in [-0.4, -0.2) is 45.1 Å². The fourth-order valence-electron chi connectivity index (χ4n) is 4.98. The highest BCUT2D eigenvalue weighted by atomic mass is 16.6. The van der Waals surface area contributed by atoms with Crippen LogP contribution in [-0.2, 0) is 26.4 Å². The normalized spacial score (nSPS) is 16.9. The Morgan fingerprint density at radius 2 is 1.33 bits per heavy atom. The van der Waals surface area contributed by atoms with Gasteiger partial charge in [-0.05, 0) is 71.2 Å². The number of carbonyl (C=O) groups is 4. The summed E-state index contributed by atoms with van der Waals surface area (Å²) in [6.07, 6.45) is -1.98. The monoisotopic (exact) mass is 571 g/mol. The zero-order valence-corrected chi connectivity index (χ0v) is 25.1. The van der Waals surface area contributed by atoms with Crippen LogP contribution in [0.2, 0.25) is 0 Å². The molecule has 3 aromatic carbocycles. The lowest BCUT2D eigenvalue weighted by molar-refractivity contribution is -0.143. The van der Waals surface area contributed by atoms with Gasteiger partial charge in [0.25, 0.3) is 11.8 Å². The first-order valence-electron chi connectivity index (χ1n) is 13.7. The highest BCUT2D eigenvalue weighted by Gasteiger charge is 2.59. The van der Waals surface area contributed by atoms with E-state index >= 15 is 4.79 Å². The van der Waals surface area contributed by atoms with Gasteiger partial charge in [0.15, 0.2) is 5.54 Å². The van der Waals surface area contributed by atoms with E-state index < -0.39 is 40.7 Å². The fourth-order valence-corrected chi connectivity index (χ4v) is 4.98. The van der Waals surface area contributed by atoms with Crippen molar-refractivity contribution in [2.24, 2.45) is 0 Å². The number of fused-ring (bicyclic) bond motifs is 1. The maximum absolute atomic E-state index is 15.0. The number of rotatable bonds is 4. The number of amides is 4. The number of ether oxygens (including phenoxy) is 2. The van der Waals surface area contributed by atoms with Crippen LogP contribution in [0.25, 0.3) is 0 Å². The lowest BCUT2D eigenvalue weighted by Crippen LogP contribution is -2.68. The molecule has 1 N–H and O–H groups in total. The molecule has 220 valence electrons. The molecule has 0 fully saturated rings. The molecule has 1 aliphatic heterocycles. The summed E-state index contributed by atoms with van der Waals surface area (Å²) in [6.45, 7) is 11.8. The van der Waals surface area contributed by atoms with Crippen molar-refractivity contribution in [2.75, 3.05) is 0 Å². The highest BCUT2D eigenvalue weighted by molar-refractivity contribution is 6.15. The number of benzene rings is 3. The quantitative estimate of drug-likeness (QED) is 0.300. The third-order valence-electron chi connectivity index (χ3n) is 6.58. The maximum Gasteiger partial charge on any atom is 0.431 e. The zero-order chi connectivity index (χ0) is 30.9. The Balaban J connectivity index is 2.06. The molecule has 0 bridgehead atoms. The van der Waals surface area contributed by atoms with E-state index in [0.717, 1.165) is 9.91 Å². The number of hydrazine groups is 1. The molecule has 0 spiro atoms. The van der Waals surface area contributed by atoms with Gasteiger partial charge in [0.05, 0.1) is 6.54 Å². The van der Waals surface area contributed by atoms with Crippen molar-refractivity contribution in [1.82, 2.24) is 15.3 Å². The summed E-state index contributed by atoms with van der Waals surface area (Å²) in [5, 5.41) is 0.875. The summed E-state index contributed by atoms with van der Waals surface area (Å²) < 4.78 is 11.3. The van der Waals surface area contributed by atoms with Crippen LogP contribution in [0.15, 0.2) is 78.9 Å². The van der Waals surface area contributed by atoms with Gasteiger partial charge in [-0.1, -0.05) is 72.8 Å². The van der Waals surface area contributed by atoms with Gasteiger partial charge in [-0.3, -0.25) is 14.5 Å². The number of nitrogens with zero attached hydrogens (tertiary/aromatic N) is 2. The van der Waals surface area contributed by atoms with E-state index in [0.29, 0.717) is 16.7 Å². The predicted octanol–water partition coefficient (Wildman–Crippen LogP) is 6.10. The van der Waals surface area contributed by atoms with Crippen molar-refractivity contribution in [3.8, 4) is 0 Å². The summed E-state index contributed by atoms with van der Waals surface area (Å²) in [6, 6.07) is 22.7. The number of aryl methyl sites for hydroxylation is 1. The molecule has 42 heavy (non-hydrogen) atoms. The van der Waals surface area contributed by atoms with Crippen LogP contribution < -0.4 is 5.43 Å². The predicted molar refractivity (Wildman–Crippen MR) is 157 cm³/mol. The van der Waals surface area contributed by atoms with Gasteiger partial charge in [0.2, 0.25) is 0 Å². The first-order chi connectivity index (χ1) is 19.6. The van der Waals surface area contributed by atoms with Crippen LogP contribution in [0.5, 0.6) is 0 Å². The molecule has 9 nitrogen and oxygen atoms in total. The number of nitrogens with one attached hydrogen (secondary N) is 1. The lowest BCUT2D eigenvalue weighted by atomic mass is 9.74. The van der Waals surface area contributed by atoms with Crippen molar-refractivity contribution in [3.63, 3.8) is 0 Å². The summed E-state index contributed by atoms with van der Waals surface area (Å²) in [5.41, 5.74) is 0.767. The molecule has 0 saturated carbocycles. The Morgan fingerprint density at radius 1 is 0.786 bits per heavy atom. The van der Waals surface area contributed by atoms with E-state index in [1.165, 1.54) is 0 Å². The summed E-state index contributed by atoms with van der Waals surface area (Å²) in [4.78, 5) is 57.5.